The number of aliphatic imine (C=N–C) groups is 2. The third-order valence-corrected chi connectivity index (χ3v) is 6.18. The molecule has 7 heteroatoms. The van der Waals surface area contributed by atoms with Gasteiger partial charge in [0.15, 0.2) is 5.66 Å². The highest BCUT2D eigenvalue weighted by Gasteiger charge is 2.40. The van der Waals surface area contributed by atoms with Crippen LogP contribution in [-0.4, -0.2) is 53.8 Å². The third kappa shape index (κ3) is 4.21. The van der Waals surface area contributed by atoms with Crippen LogP contribution in [0.3, 0.4) is 0 Å². The van der Waals surface area contributed by atoms with E-state index in [1.165, 1.54) is 0 Å². The van der Waals surface area contributed by atoms with Crippen molar-refractivity contribution in [3.8, 4) is 5.75 Å². The minimum atomic E-state index is -0.465. The molecule has 4 rings (SSSR count). The summed E-state index contributed by atoms with van der Waals surface area (Å²) in [6.45, 7) is 3.27. The van der Waals surface area contributed by atoms with Crippen LogP contribution in [-0.2, 0) is 0 Å². The van der Waals surface area contributed by atoms with Gasteiger partial charge in [0.2, 0.25) is 0 Å². The van der Waals surface area contributed by atoms with Crippen molar-refractivity contribution in [1.29, 1.82) is 0 Å². The van der Waals surface area contributed by atoms with Crippen molar-refractivity contribution < 1.29 is 9.53 Å². The fourth-order valence-electron chi connectivity index (χ4n) is 3.82. The lowest BCUT2D eigenvalue weighted by atomic mass is 9.98. The molecule has 2 amide bonds. The first-order valence-corrected chi connectivity index (χ1v) is 11.3. The molecule has 156 valence electrons. The molecular formula is C23H26N4O2S. The van der Waals surface area contributed by atoms with E-state index < -0.39 is 5.66 Å². The van der Waals surface area contributed by atoms with Gasteiger partial charge in [0.05, 0.1) is 12.8 Å². The molecular weight excluding hydrogens is 396 g/mol. The molecule has 1 N–H and O–H groups in total. The van der Waals surface area contributed by atoms with E-state index in [9.17, 15) is 4.79 Å². The van der Waals surface area contributed by atoms with Crippen LogP contribution < -0.4 is 10.1 Å². The fourth-order valence-corrected chi connectivity index (χ4v) is 4.44. The Morgan fingerprint density at radius 1 is 1.13 bits per heavy atom. The average molecular weight is 423 g/mol. The molecule has 1 spiro atoms. The highest BCUT2D eigenvalue weighted by Crippen LogP contribution is 2.35. The van der Waals surface area contributed by atoms with Gasteiger partial charge in [-0.2, -0.15) is 0 Å². The normalized spacial score (nSPS) is 17.5. The zero-order valence-electron chi connectivity index (χ0n) is 17.5. The number of hydrogen-bond donors (Lipinski definition) is 1. The predicted molar refractivity (Wildman–Crippen MR) is 124 cm³/mol. The van der Waals surface area contributed by atoms with Crippen LogP contribution in [0.4, 0.5) is 10.5 Å². The number of anilines is 1. The van der Waals surface area contributed by atoms with Crippen LogP contribution in [0, 0.1) is 6.92 Å². The van der Waals surface area contributed by atoms with Crippen molar-refractivity contribution in [2.24, 2.45) is 9.98 Å². The maximum atomic E-state index is 12.7. The molecule has 0 aromatic heterocycles. The largest absolute Gasteiger partial charge is 0.497 e. The van der Waals surface area contributed by atoms with E-state index in [0.29, 0.717) is 13.1 Å². The van der Waals surface area contributed by atoms with Gasteiger partial charge >= 0.3 is 6.03 Å². The molecule has 0 bridgehead atoms. The number of urea groups is 1. The Hall–Kier alpha value is -2.80. The molecule has 2 heterocycles. The van der Waals surface area contributed by atoms with Crippen molar-refractivity contribution in [1.82, 2.24) is 4.90 Å². The van der Waals surface area contributed by atoms with Crippen molar-refractivity contribution in [2.75, 3.05) is 31.8 Å². The fraction of sp³-hybridized carbons (Fsp3) is 0.348. The summed E-state index contributed by atoms with van der Waals surface area (Å²) in [5.41, 5.74) is 3.45. The lowest BCUT2D eigenvalue weighted by molar-refractivity contribution is 0.175. The second-order valence-electron chi connectivity index (χ2n) is 7.58. The monoisotopic (exact) mass is 422 g/mol. The zero-order chi connectivity index (χ0) is 21.1. The smallest absolute Gasteiger partial charge is 0.321 e. The lowest BCUT2D eigenvalue weighted by Crippen LogP contribution is -2.46. The first kappa shape index (κ1) is 20.5. The number of nitrogens with one attached hydrogen (secondary N) is 1. The Bertz CT molecular complexity index is 993. The lowest BCUT2D eigenvalue weighted by Gasteiger charge is -2.35. The summed E-state index contributed by atoms with van der Waals surface area (Å²) < 4.78 is 5.26. The second kappa shape index (κ2) is 8.52. The molecule has 2 aliphatic rings. The van der Waals surface area contributed by atoms with Gasteiger partial charge in [-0.05, 0) is 55.1 Å². The first-order valence-electron chi connectivity index (χ1n) is 10.0. The summed E-state index contributed by atoms with van der Waals surface area (Å²) in [6.07, 6.45) is 3.47. The Morgan fingerprint density at radius 2 is 1.87 bits per heavy atom. The highest BCUT2D eigenvalue weighted by atomic mass is 32.2. The maximum Gasteiger partial charge on any atom is 0.321 e. The number of nitrogens with zero attached hydrogens (tertiary/aromatic N) is 3. The number of hydrogen-bond acceptors (Lipinski definition) is 5. The van der Waals surface area contributed by atoms with E-state index in [-0.39, 0.29) is 6.03 Å². The Labute approximate surface area is 181 Å². The minimum Gasteiger partial charge on any atom is -0.497 e. The maximum absolute atomic E-state index is 12.7. The summed E-state index contributed by atoms with van der Waals surface area (Å²) in [5, 5.41) is 3.95. The molecule has 0 unspecified atom stereocenters. The summed E-state index contributed by atoms with van der Waals surface area (Å²) in [6, 6.07) is 15.7. The van der Waals surface area contributed by atoms with Crippen LogP contribution >= 0.6 is 11.8 Å². The third-order valence-electron chi connectivity index (χ3n) is 5.51. The Morgan fingerprint density at radius 3 is 2.50 bits per heavy atom. The number of rotatable bonds is 3. The molecule has 0 saturated carbocycles. The van der Waals surface area contributed by atoms with Gasteiger partial charge in [-0.15, -0.1) is 11.8 Å². The molecule has 2 aromatic carbocycles. The van der Waals surface area contributed by atoms with Gasteiger partial charge in [-0.25, -0.2) is 9.79 Å². The van der Waals surface area contributed by atoms with Crippen LogP contribution in [0.1, 0.15) is 24.0 Å². The molecule has 1 fully saturated rings. The number of ether oxygens (including phenoxy) is 1. The van der Waals surface area contributed by atoms with E-state index in [4.69, 9.17) is 14.7 Å². The molecule has 2 aliphatic heterocycles. The van der Waals surface area contributed by atoms with Crippen molar-refractivity contribution in [3.05, 3.63) is 59.7 Å². The minimum absolute atomic E-state index is 0.0677. The van der Waals surface area contributed by atoms with Crippen molar-refractivity contribution >= 4 is 34.2 Å². The number of likely N-dealkylation sites (tertiary alicyclic amines) is 1. The second-order valence-corrected chi connectivity index (χ2v) is 8.37. The Balaban J connectivity index is 1.45. The van der Waals surface area contributed by atoms with Gasteiger partial charge in [-0.3, -0.25) is 4.99 Å². The molecule has 0 atom stereocenters. The number of piperidine rings is 1. The SMILES string of the molecule is COc1ccc(C2=NC3(CCN(C(=O)Nc4cccc(C)c4)CC3)N=C2SC)cc1. The highest BCUT2D eigenvalue weighted by molar-refractivity contribution is 8.15. The molecule has 0 aliphatic carbocycles. The van der Waals surface area contributed by atoms with Gasteiger partial charge in [0.1, 0.15) is 10.8 Å². The summed E-state index contributed by atoms with van der Waals surface area (Å²) in [5.74, 6) is 0.822. The standard InChI is InChI=1S/C23H26N4O2S/c1-16-5-4-6-18(15-16)24-22(28)27-13-11-23(12-14-27)25-20(21(26-23)30-3)17-7-9-19(29-2)10-8-17/h4-10,15H,11-14H2,1-3H3,(H,24,28). The number of thioether (sulfide) groups is 1. The van der Waals surface area contributed by atoms with Crippen LogP contribution in [0.15, 0.2) is 58.5 Å². The first-order chi connectivity index (χ1) is 14.5. The van der Waals surface area contributed by atoms with E-state index in [2.05, 4.69) is 5.32 Å². The summed E-state index contributed by atoms with van der Waals surface area (Å²) >= 11 is 1.62. The van der Waals surface area contributed by atoms with Gasteiger partial charge in [-0.1, -0.05) is 12.1 Å². The Kier molecular flexibility index (Phi) is 5.81. The van der Waals surface area contributed by atoms with Crippen LogP contribution in [0.5, 0.6) is 5.75 Å². The molecule has 0 radical (unpaired) electrons. The van der Waals surface area contributed by atoms with E-state index >= 15 is 0 Å². The number of amides is 2. The average Bonchev–Trinajstić information content (AvgIpc) is 3.12. The van der Waals surface area contributed by atoms with Gasteiger partial charge in [0, 0.05) is 37.2 Å². The number of methoxy groups -OCH3 is 1. The molecule has 2 aromatic rings. The predicted octanol–water partition coefficient (Wildman–Crippen LogP) is 4.59. The molecule has 1 saturated heterocycles. The molecule has 6 nitrogen and oxygen atoms in total. The van der Waals surface area contributed by atoms with Crippen LogP contribution in [0.25, 0.3) is 0 Å². The summed E-state index contributed by atoms with van der Waals surface area (Å²) in [7, 11) is 1.66. The van der Waals surface area contributed by atoms with E-state index in [0.717, 1.165) is 46.2 Å². The van der Waals surface area contributed by atoms with Crippen LogP contribution in [0.2, 0.25) is 0 Å². The zero-order valence-corrected chi connectivity index (χ0v) is 18.3. The number of carbonyl (C=O) groups is 1. The van der Waals surface area contributed by atoms with Gasteiger partial charge < -0.3 is 15.0 Å². The quantitative estimate of drug-likeness (QED) is 0.787. The van der Waals surface area contributed by atoms with E-state index in [1.807, 2.05) is 66.6 Å². The van der Waals surface area contributed by atoms with Crippen molar-refractivity contribution in [3.63, 3.8) is 0 Å². The number of aryl methyl sites for hydroxylation is 1. The van der Waals surface area contributed by atoms with Crippen molar-refractivity contribution in [2.45, 2.75) is 25.4 Å². The topological polar surface area (TPSA) is 66.3 Å². The van der Waals surface area contributed by atoms with E-state index in [1.54, 1.807) is 18.9 Å². The number of benzene rings is 2. The number of carbonyl (C=O) groups excluding carboxylic acids is 1. The summed E-state index contributed by atoms with van der Waals surface area (Å²) in [4.78, 5) is 24.5. The molecule has 30 heavy (non-hydrogen) atoms. The van der Waals surface area contributed by atoms with Gasteiger partial charge in [0.25, 0.3) is 0 Å².